The Morgan fingerprint density at radius 2 is 2.39 bits per heavy atom. The highest BCUT2D eigenvalue weighted by Gasteiger charge is 2.26. The van der Waals surface area contributed by atoms with Crippen LogP contribution in [0.1, 0.15) is 34.3 Å². The number of carbonyl (C=O) groups excluding carboxylic acids is 1. The summed E-state index contributed by atoms with van der Waals surface area (Å²) in [5.74, 6) is 0.432. The second kappa shape index (κ2) is 5.80. The van der Waals surface area contributed by atoms with Crippen molar-refractivity contribution < 1.29 is 9.53 Å². The zero-order chi connectivity index (χ0) is 13.1. The molecule has 1 aliphatic rings. The number of likely N-dealkylation sites (N-methyl/N-ethyl adjacent to an activating group) is 1. The van der Waals surface area contributed by atoms with E-state index < -0.39 is 0 Å². The van der Waals surface area contributed by atoms with Gasteiger partial charge in [-0.2, -0.15) is 0 Å². The largest absolute Gasteiger partial charge is 0.375 e. The molecule has 1 aromatic rings. The molecule has 0 saturated carbocycles. The quantitative estimate of drug-likeness (QED) is 0.838. The fourth-order valence-corrected chi connectivity index (χ4v) is 3.54. The van der Waals surface area contributed by atoms with Crippen LogP contribution in [0.4, 0.5) is 0 Å². The van der Waals surface area contributed by atoms with Crippen molar-refractivity contribution >= 4 is 17.2 Å². The van der Waals surface area contributed by atoms with Crippen molar-refractivity contribution in [2.45, 2.75) is 32.1 Å². The number of hydrogen-bond donors (Lipinski definition) is 0. The molecule has 0 aromatic carbocycles. The molecule has 0 fully saturated rings. The van der Waals surface area contributed by atoms with Gasteiger partial charge in [-0.25, -0.2) is 4.98 Å². The van der Waals surface area contributed by atoms with Gasteiger partial charge in [0.1, 0.15) is 6.61 Å². The standard InChI is InChI=1S/C13H20N2O2S/c1-9-14-13-10(5-4-6-11(13)18-9)7-15(2)12(16)8-17-3/h10H,4-8H2,1-3H3/t10-/m0/s1. The van der Waals surface area contributed by atoms with Gasteiger partial charge in [-0.05, 0) is 26.2 Å². The van der Waals surface area contributed by atoms with Crippen LogP contribution >= 0.6 is 11.3 Å². The third-order valence-corrected chi connectivity index (χ3v) is 4.41. The summed E-state index contributed by atoms with van der Waals surface area (Å²) in [6.45, 7) is 2.96. The Hall–Kier alpha value is -0.940. The first-order valence-corrected chi connectivity index (χ1v) is 7.12. The molecule has 1 atom stereocenters. The fourth-order valence-electron chi connectivity index (χ4n) is 2.47. The average Bonchev–Trinajstić information content (AvgIpc) is 2.71. The van der Waals surface area contributed by atoms with E-state index >= 15 is 0 Å². The van der Waals surface area contributed by atoms with Crippen LogP contribution in [0, 0.1) is 6.92 Å². The smallest absolute Gasteiger partial charge is 0.248 e. The Bertz CT molecular complexity index is 431. The molecular weight excluding hydrogens is 248 g/mol. The molecule has 18 heavy (non-hydrogen) atoms. The summed E-state index contributed by atoms with van der Waals surface area (Å²) in [6, 6.07) is 0. The van der Waals surface area contributed by atoms with Crippen LogP contribution < -0.4 is 0 Å². The molecule has 0 N–H and O–H groups in total. The Morgan fingerprint density at radius 3 is 3.11 bits per heavy atom. The van der Waals surface area contributed by atoms with Crippen molar-refractivity contribution in [3.8, 4) is 0 Å². The van der Waals surface area contributed by atoms with Crippen molar-refractivity contribution in [3.63, 3.8) is 0 Å². The van der Waals surface area contributed by atoms with E-state index in [9.17, 15) is 4.79 Å². The molecule has 0 saturated heterocycles. The monoisotopic (exact) mass is 268 g/mol. The van der Waals surface area contributed by atoms with Gasteiger partial charge < -0.3 is 9.64 Å². The molecule has 0 unspecified atom stereocenters. The summed E-state index contributed by atoms with van der Waals surface area (Å²) in [5.41, 5.74) is 1.22. The minimum absolute atomic E-state index is 0.0385. The first-order valence-electron chi connectivity index (χ1n) is 6.31. The summed E-state index contributed by atoms with van der Waals surface area (Å²) in [7, 11) is 3.39. The van der Waals surface area contributed by atoms with Crippen molar-refractivity contribution in [2.75, 3.05) is 27.3 Å². The normalized spacial score (nSPS) is 18.5. The van der Waals surface area contributed by atoms with Crippen LogP contribution in [0.25, 0.3) is 0 Å². The topological polar surface area (TPSA) is 42.4 Å². The minimum Gasteiger partial charge on any atom is -0.375 e. The maximum atomic E-state index is 11.7. The number of hydrogen-bond acceptors (Lipinski definition) is 4. The highest BCUT2D eigenvalue weighted by atomic mass is 32.1. The Kier molecular flexibility index (Phi) is 4.35. The maximum Gasteiger partial charge on any atom is 0.248 e. The van der Waals surface area contributed by atoms with E-state index in [2.05, 4.69) is 11.9 Å². The van der Waals surface area contributed by atoms with Gasteiger partial charge in [0, 0.05) is 31.5 Å². The number of amides is 1. The summed E-state index contributed by atoms with van der Waals surface area (Å²) in [5, 5.41) is 1.14. The molecule has 4 nitrogen and oxygen atoms in total. The van der Waals surface area contributed by atoms with Crippen LogP contribution in [0.5, 0.6) is 0 Å². The molecule has 1 aromatic heterocycles. The lowest BCUT2D eigenvalue weighted by atomic mass is 9.90. The van der Waals surface area contributed by atoms with Gasteiger partial charge in [0.15, 0.2) is 0 Å². The molecule has 0 aliphatic heterocycles. The number of methoxy groups -OCH3 is 1. The molecule has 0 bridgehead atoms. The fraction of sp³-hybridized carbons (Fsp3) is 0.692. The SMILES string of the molecule is COCC(=O)N(C)C[C@@H]1CCCc2sc(C)nc21. The summed E-state index contributed by atoms with van der Waals surface area (Å²) in [6.07, 6.45) is 3.47. The number of fused-ring (bicyclic) bond motifs is 1. The van der Waals surface area contributed by atoms with Crippen molar-refractivity contribution in [2.24, 2.45) is 0 Å². The number of carbonyl (C=O) groups is 1. The summed E-state index contributed by atoms with van der Waals surface area (Å²) < 4.78 is 4.88. The Balaban J connectivity index is 2.04. The van der Waals surface area contributed by atoms with Crippen molar-refractivity contribution in [1.29, 1.82) is 0 Å². The number of rotatable bonds is 4. The van der Waals surface area contributed by atoms with Crippen molar-refractivity contribution in [3.05, 3.63) is 15.6 Å². The lowest BCUT2D eigenvalue weighted by Gasteiger charge is -2.26. The molecule has 0 spiro atoms. The average molecular weight is 268 g/mol. The molecular formula is C13H20N2O2S. The zero-order valence-corrected chi connectivity index (χ0v) is 12.0. The lowest BCUT2D eigenvalue weighted by Crippen LogP contribution is -2.34. The second-order valence-corrected chi connectivity index (χ2v) is 6.13. The van der Waals surface area contributed by atoms with E-state index in [4.69, 9.17) is 4.74 Å². The molecule has 5 heteroatoms. The molecule has 1 heterocycles. The Morgan fingerprint density at radius 1 is 1.61 bits per heavy atom. The van der Waals surface area contributed by atoms with Crippen LogP contribution in [0.2, 0.25) is 0 Å². The van der Waals surface area contributed by atoms with E-state index in [1.165, 1.54) is 17.0 Å². The van der Waals surface area contributed by atoms with Gasteiger partial charge in [-0.15, -0.1) is 11.3 Å². The van der Waals surface area contributed by atoms with Gasteiger partial charge in [0.2, 0.25) is 5.91 Å². The molecule has 100 valence electrons. The zero-order valence-electron chi connectivity index (χ0n) is 11.2. The van der Waals surface area contributed by atoms with Crippen molar-refractivity contribution in [1.82, 2.24) is 9.88 Å². The highest BCUT2D eigenvalue weighted by Crippen LogP contribution is 2.34. The molecule has 1 aliphatic carbocycles. The number of aryl methyl sites for hydroxylation is 2. The van der Waals surface area contributed by atoms with Crippen LogP contribution in [-0.4, -0.2) is 43.1 Å². The first-order chi connectivity index (χ1) is 8.61. The first kappa shape index (κ1) is 13.5. The van der Waals surface area contributed by atoms with Crippen LogP contribution in [0.15, 0.2) is 0 Å². The lowest BCUT2D eigenvalue weighted by molar-refractivity contribution is -0.134. The highest BCUT2D eigenvalue weighted by molar-refractivity contribution is 7.11. The van der Waals surface area contributed by atoms with E-state index in [1.807, 2.05) is 7.05 Å². The predicted molar refractivity (Wildman–Crippen MR) is 72.0 cm³/mol. The second-order valence-electron chi connectivity index (χ2n) is 4.84. The van der Waals surface area contributed by atoms with Gasteiger partial charge in [0.05, 0.1) is 10.7 Å². The van der Waals surface area contributed by atoms with Crippen LogP contribution in [-0.2, 0) is 16.0 Å². The minimum atomic E-state index is 0.0385. The third-order valence-electron chi connectivity index (χ3n) is 3.37. The van der Waals surface area contributed by atoms with Gasteiger partial charge in [-0.1, -0.05) is 0 Å². The van der Waals surface area contributed by atoms with E-state index in [0.717, 1.165) is 24.4 Å². The van der Waals surface area contributed by atoms with E-state index in [-0.39, 0.29) is 12.5 Å². The number of thiazole rings is 1. The number of nitrogens with zero attached hydrogens (tertiary/aromatic N) is 2. The van der Waals surface area contributed by atoms with Gasteiger partial charge in [0.25, 0.3) is 0 Å². The Labute approximate surface area is 112 Å². The van der Waals surface area contributed by atoms with Gasteiger partial charge in [-0.3, -0.25) is 4.79 Å². The van der Waals surface area contributed by atoms with E-state index in [1.54, 1.807) is 23.3 Å². The van der Waals surface area contributed by atoms with E-state index in [0.29, 0.717) is 5.92 Å². The molecule has 1 amide bonds. The molecule has 2 rings (SSSR count). The summed E-state index contributed by atoms with van der Waals surface area (Å²) >= 11 is 1.80. The number of aromatic nitrogens is 1. The summed E-state index contributed by atoms with van der Waals surface area (Å²) in [4.78, 5) is 19.5. The van der Waals surface area contributed by atoms with Gasteiger partial charge >= 0.3 is 0 Å². The van der Waals surface area contributed by atoms with Crippen LogP contribution in [0.3, 0.4) is 0 Å². The predicted octanol–water partition coefficient (Wildman–Crippen LogP) is 1.98. The molecule has 0 radical (unpaired) electrons. The third kappa shape index (κ3) is 2.90. The maximum absolute atomic E-state index is 11.7. The number of ether oxygens (including phenoxy) is 1.